The lowest BCUT2D eigenvalue weighted by Crippen LogP contribution is -2.24. The van der Waals surface area contributed by atoms with Crippen LogP contribution in [0.25, 0.3) is 10.8 Å². The van der Waals surface area contributed by atoms with Crippen LogP contribution < -0.4 is 5.56 Å². The van der Waals surface area contributed by atoms with Crippen LogP contribution in [0.5, 0.6) is 0 Å². The molecule has 0 saturated heterocycles. The van der Waals surface area contributed by atoms with E-state index in [1.54, 1.807) is 24.3 Å². The molecule has 0 radical (unpaired) electrons. The van der Waals surface area contributed by atoms with Gasteiger partial charge in [-0.1, -0.05) is 38.1 Å². The Morgan fingerprint density at radius 1 is 1.07 bits per heavy atom. The molecule has 3 rings (SSSR count). The fraction of sp³-hybridized carbons (Fsp3) is 0.238. The Kier molecular flexibility index (Phi) is 5.35. The van der Waals surface area contributed by atoms with Crippen LogP contribution in [0.4, 0.5) is 8.78 Å². The first-order valence-corrected chi connectivity index (χ1v) is 8.60. The van der Waals surface area contributed by atoms with E-state index in [1.807, 2.05) is 13.8 Å². The van der Waals surface area contributed by atoms with Crippen molar-refractivity contribution in [2.75, 3.05) is 0 Å². The van der Waals surface area contributed by atoms with Crippen molar-refractivity contribution < 1.29 is 18.3 Å². The first-order chi connectivity index (χ1) is 12.9. The number of pyridine rings is 1. The lowest BCUT2D eigenvalue weighted by molar-refractivity contribution is 0.0473. The second-order valence-corrected chi connectivity index (χ2v) is 6.76. The van der Waals surface area contributed by atoms with Gasteiger partial charge in [0.05, 0.1) is 5.56 Å². The number of aromatic nitrogens is 1. The number of carbonyl (C=O) groups is 1. The average molecular weight is 371 g/mol. The molecular weight excluding hydrogens is 352 g/mol. The molecule has 0 aliphatic heterocycles. The Morgan fingerprint density at radius 2 is 1.78 bits per heavy atom. The summed E-state index contributed by atoms with van der Waals surface area (Å²) < 4.78 is 33.1. The lowest BCUT2D eigenvalue weighted by atomic mass is 10.1. The largest absolute Gasteiger partial charge is 0.457 e. The van der Waals surface area contributed by atoms with Gasteiger partial charge < -0.3 is 9.30 Å². The number of esters is 1. The van der Waals surface area contributed by atoms with Crippen LogP contribution in [0.3, 0.4) is 0 Å². The fourth-order valence-corrected chi connectivity index (χ4v) is 2.89. The van der Waals surface area contributed by atoms with Gasteiger partial charge in [-0.05, 0) is 29.7 Å². The molecule has 0 amide bonds. The predicted molar refractivity (Wildman–Crippen MR) is 98.5 cm³/mol. The summed E-state index contributed by atoms with van der Waals surface area (Å²) >= 11 is 0. The molecule has 1 aromatic heterocycles. The maximum Gasteiger partial charge on any atom is 0.340 e. The summed E-state index contributed by atoms with van der Waals surface area (Å²) in [6, 6.07) is 10.1. The molecule has 6 heteroatoms. The third kappa shape index (κ3) is 4.05. The zero-order chi connectivity index (χ0) is 19.6. The van der Waals surface area contributed by atoms with E-state index >= 15 is 0 Å². The molecular formula is C21H19F2NO3. The molecule has 4 nitrogen and oxygen atoms in total. The van der Waals surface area contributed by atoms with E-state index in [1.165, 1.54) is 16.8 Å². The number of benzene rings is 2. The third-order valence-electron chi connectivity index (χ3n) is 4.13. The minimum absolute atomic E-state index is 0.170. The van der Waals surface area contributed by atoms with Gasteiger partial charge in [-0.15, -0.1) is 0 Å². The van der Waals surface area contributed by atoms with Crippen LogP contribution in [0.15, 0.2) is 53.5 Å². The Labute approximate surface area is 155 Å². The zero-order valence-corrected chi connectivity index (χ0v) is 15.0. The van der Waals surface area contributed by atoms with Gasteiger partial charge in [0, 0.05) is 23.5 Å². The van der Waals surface area contributed by atoms with Crippen molar-refractivity contribution >= 4 is 16.7 Å². The van der Waals surface area contributed by atoms with Gasteiger partial charge in [-0.2, -0.15) is 0 Å². The number of fused-ring (bicyclic) bond motifs is 1. The molecule has 1 heterocycles. The number of carbonyl (C=O) groups excluding carboxylic acids is 1. The van der Waals surface area contributed by atoms with Crippen molar-refractivity contribution in [3.63, 3.8) is 0 Å². The quantitative estimate of drug-likeness (QED) is 0.629. The Balaban J connectivity index is 1.94. The van der Waals surface area contributed by atoms with E-state index < -0.39 is 17.6 Å². The summed E-state index contributed by atoms with van der Waals surface area (Å²) in [7, 11) is 0. The third-order valence-corrected chi connectivity index (χ3v) is 4.13. The minimum atomic E-state index is -1.00. The molecule has 0 saturated carbocycles. The van der Waals surface area contributed by atoms with Gasteiger partial charge in [-0.3, -0.25) is 4.79 Å². The van der Waals surface area contributed by atoms with E-state index in [4.69, 9.17) is 4.74 Å². The van der Waals surface area contributed by atoms with Gasteiger partial charge >= 0.3 is 5.97 Å². The van der Waals surface area contributed by atoms with Crippen molar-refractivity contribution in [2.45, 2.75) is 27.0 Å². The van der Waals surface area contributed by atoms with Crippen LogP contribution in [0.2, 0.25) is 0 Å². The van der Waals surface area contributed by atoms with Gasteiger partial charge in [0.15, 0.2) is 11.6 Å². The lowest BCUT2D eigenvalue weighted by Gasteiger charge is -2.13. The van der Waals surface area contributed by atoms with E-state index in [0.717, 1.165) is 12.1 Å². The summed E-state index contributed by atoms with van der Waals surface area (Å²) in [5, 5.41) is 0.929. The molecule has 0 bridgehead atoms. The average Bonchev–Trinajstić information content (AvgIpc) is 2.64. The summed E-state index contributed by atoms with van der Waals surface area (Å²) in [5.74, 6) is -2.38. The molecule has 0 aliphatic carbocycles. The number of rotatable bonds is 5. The van der Waals surface area contributed by atoms with Crippen LogP contribution in [0, 0.1) is 17.6 Å². The topological polar surface area (TPSA) is 48.3 Å². The van der Waals surface area contributed by atoms with Crippen molar-refractivity contribution in [1.82, 2.24) is 4.57 Å². The molecule has 140 valence electrons. The number of hydrogen-bond donors (Lipinski definition) is 0. The highest BCUT2D eigenvalue weighted by Crippen LogP contribution is 2.18. The standard InChI is InChI=1S/C21H19F2NO3/c1-13(2)10-24-11-17(15-5-3-4-6-16(15)20(24)25)21(26)27-12-14-7-8-18(22)19(23)9-14/h3-9,11,13H,10,12H2,1-2H3. The van der Waals surface area contributed by atoms with Crippen LogP contribution in [0.1, 0.15) is 29.8 Å². The molecule has 27 heavy (non-hydrogen) atoms. The van der Waals surface area contributed by atoms with E-state index in [-0.39, 0.29) is 23.6 Å². The molecule has 0 atom stereocenters. The van der Waals surface area contributed by atoms with Crippen molar-refractivity contribution in [3.8, 4) is 0 Å². The molecule has 0 fully saturated rings. The summed E-state index contributed by atoms with van der Waals surface area (Å²) in [6.45, 7) is 4.21. The van der Waals surface area contributed by atoms with E-state index in [2.05, 4.69) is 0 Å². The maximum atomic E-state index is 13.3. The van der Waals surface area contributed by atoms with E-state index in [9.17, 15) is 18.4 Å². The molecule has 0 spiro atoms. The van der Waals surface area contributed by atoms with Gasteiger partial charge in [0.2, 0.25) is 0 Å². The van der Waals surface area contributed by atoms with E-state index in [0.29, 0.717) is 22.9 Å². The fourth-order valence-electron chi connectivity index (χ4n) is 2.89. The summed E-state index contributed by atoms with van der Waals surface area (Å²) in [4.78, 5) is 25.2. The van der Waals surface area contributed by atoms with Crippen molar-refractivity contribution in [1.29, 1.82) is 0 Å². The Bertz CT molecular complexity index is 1060. The SMILES string of the molecule is CC(C)Cn1cc(C(=O)OCc2ccc(F)c(F)c2)c2ccccc2c1=O. The van der Waals surface area contributed by atoms with Gasteiger partial charge in [0.25, 0.3) is 5.56 Å². The number of nitrogens with zero attached hydrogens (tertiary/aromatic N) is 1. The minimum Gasteiger partial charge on any atom is -0.457 e. The number of hydrogen-bond acceptors (Lipinski definition) is 3. The number of ether oxygens (including phenoxy) is 1. The molecule has 0 N–H and O–H groups in total. The van der Waals surface area contributed by atoms with Gasteiger partial charge in [0.1, 0.15) is 6.61 Å². The second kappa shape index (κ2) is 7.70. The highest BCUT2D eigenvalue weighted by Gasteiger charge is 2.17. The maximum absolute atomic E-state index is 13.3. The first-order valence-electron chi connectivity index (χ1n) is 8.60. The molecule has 0 aliphatic rings. The smallest absolute Gasteiger partial charge is 0.340 e. The van der Waals surface area contributed by atoms with Crippen molar-refractivity contribution in [2.24, 2.45) is 5.92 Å². The molecule has 2 aromatic carbocycles. The normalized spacial score (nSPS) is 11.1. The van der Waals surface area contributed by atoms with Crippen molar-refractivity contribution in [3.05, 3.63) is 81.8 Å². The molecule has 0 unspecified atom stereocenters. The second-order valence-electron chi connectivity index (χ2n) is 6.76. The summed E-state index contributed by atoms with van der Waals surface area (Å²) in [6.07, 6.45) is 1.50. The summed E-state index contributed by atoms with van der Waals surface area (Å²) in [5.41, 5.74) is 0.423. The zero-order valence-electron chi connectivity index (χ0n) is 15.0. The first kappa shape index (κ1) is 18.8. The highest BCUT2D eigenvalue weighted by molar-refractivity contribution is 6.03. The predicted octanol–water partition coefficient (Wildman–Crippen LogP) is 4.29. The molecule has 3 aromatic rings. The van der Waals surface area contributed by atoms with Crippen LogP contribution in [-0.4, -0.2) is 10.5 Å². The highest BCUT2D eigenvalue weighted by atomic mass is 19.2. The Hall–Kier alpha value is -3.02. The monoisotopic (exact) mass is 371 g/mol. The Morgan fingerprint density at radius 3 is 2.44 bits per heavy atom. The number of halogens is 2. The van der Waals surface area contributed by atoms with Gasteiger partial charge in [-0.25, -0.2) is 13.6 Å². The van der Waals surface area contributed by atoms with Crippen LogP contribution >= 0.6 is 0 Å². The van der Waals surface area contributed by atoms with Crippen LogP contribution in [-0.2, 0) is 17.9 Å².